The van der Waals surface area contributed by atoms with Gasteiger partial charge in [-0.3, -0.25) is 5.10 Å². The molecule has 1 atom stereocenters. The van der Waals surface area contributed by atoms with Crippen LogP contribution in [-0.4, -0.2) is 36.1 Å². The number of fused-ring (bicyclic) bond motifs is 1. The number of nitrogens with one attached hydrogen (secondary N) is 1. The predicted octanol–water partition coefficient (Wildman–Crippen LogP) is 3.81. The van der Waals surface area contributed by atoms with Gasteiger partial charge < -0.3 is 29.8 Å². The van der Waals surface area contributed by atoms with Crippen LogP contribution in [0, 0.1) is 11.3 Å². The maximum Gasteiger partial charge on any atom is 0.244 e. The molecule has 3 aromatic rings. The lowest BCUT2D eigenvalue weighted by Crippen LogP contribution is -2.21. The van der Waals surface area contributed by atoms with E-state index in [1.165, 1.54) is 14.2 Å². The number of rotatable bonds is 7. The Morgan fingerprint density at radius 2 is 1.85 bits per heavy atom. The molecule has 2 aromatic carbocycles. The smallest absolute Gasteiger partial charge is 0.244 e. The minimum atomic E-state index is -0.632. The van der Waals surface area contributed by atoms with E-state index in [1.807, 2.05) is 31.2 Å². The highest BCUT2D eigenvalue weighted by Crippen LogP contribution is 2.48. The van der Waals surface area contributed by atoms with Crippen LogP contribution in [0.15, 0.2) is 47.9 Å². The number of phenols is 1. The molecule has 1 aromatic heterocycles. The quantitative estimate of drug-likeness (QED) is 0.496. The van der Waals surface area contributed by atoms with Crippen LogP contribution in [0.4, 0.5) is 0 Å². The minimum Gasteiger partial charge on any atom is -0.502 e. The average molecular weight is 448 g/mol. The number of hydrogen-bond donors (Lipinski definition) is 3. The zero-order valence-electron chi connectivity index (χ0n) is 18.5. The van der Waals surface area contributed by atoms with Gasteiger partial charge in [-0.05, 0) is 48.4 Å². The predicted molar refractivity (Wildman–Crippen MR) is 120 cm³/mol. The summed E-state index contributed by atoms with van der Waals surface area (Å²) in [6, 6.07) is 13.0. The number of H-pyrrole nitrogens is 1. The van der Waals surface area contributed by atoms with Crippen LogP contribution in [0.25, 0.3) is 11.3 Å². The van der Waals surface area contributed by atoms with Gasteiger partial charge in [-0.1, -0.05) is 6.92 Å². The SMILES string of the molecule is CCCOc1ccc(-c2[nH]nc3c2[C@@H](c2cc(OC)c(O)c(OC)c2)C(C#N)=C(N)O3)cc1. The van der Waals surface area contributed by atoms with E-state index in [4.69, 9.17) is 24.7 Å². The number of nitrogens with two attached hydrogens (primary N) is 1. The Morgan fingerprint density at radius 3 is 2.42 bits per heavy atom. The highest BCUT2D eigenvalue weighted by molar-refractivity contribution is 5.72. The number of benzene rings is 2. The van der Waals surface area contributed by atoms with Crippen molar-refractivity contribution < 1.29 is 24.1 Å². The summed E-state index contributed by atoms with van der Waals surface area (Å²) in [6.45, 7) is 2.68. The zero-order valence-corrected chi connectivity index (χ0v) is 18.5. The van der Waals surface area contributed by atoms with Gasteiger partial charge in [-0.2, -0.15) is 5.26 Å². The van der Waals surface area contributed by atoms with Gasteiger partial charge in [0.25, 0.3) is 0 Å². The fourth-order valence-electron chi connectivity index (χ4n) is 3.82. The molecule has 0 amide bonds. The first-order valence-electron chi connectivity index (χ1n) is 10.4. The summed E-state index contributed by atoms with van der Waals surface area (Å²) in [5.74, 6) is 0.628. The summed E-state index contributed by atoms with van der Waals surface area (Å²) in [4.78, 5) is 0. The summed E-state index contributed by atoms with van der Waals surface area (Å²) < 4.78 is 22.0. The molecule has 0 radical (unpaired) electrons. The number of aromatic hydroxyl groups is 1. The van der Waals surface area contributed by atoms with Crippen molar-refractivity contribution in [3.63, 3.8) is 0 Å². The molecule has 1 aliphatic rings. The molecule has 0 aliphatic carbocycles. The molecule has 9 nitrogen and oxygen atoms in total. The zero-order chi connectivity index (χ0) is 23.5. The van der Waals surface area contributed by atoms with Crippen LogP contribution < -0.4 is 24.7 Å². The van der Waals surface area contributed by atoms with E-state index in [0.717, 1.165) is 17.7 Å². The van der Waals surface area contributed by atoms with E-state index in [1.54, 1.807) is 12.1 Å². The van der Waals surface area contributed by atoms with Crippen LogP contribution in [0.1, 0.15) is 30.4 Å². The number of nitriles is 1. The molecule has 0 bridgehead atoms. The van der Waals surface area contributed by atoms with Crippen molar-refractivity contribution >= 4 is 0 Å². The van der Waals surface area contributed by atoms with Gasteiger partial charge in [0.1, 0.15) is 17.4 Å². The molecule has 9 heteroatoms. The number of nitrogens with zero attached hydrogens (tertiary/aromatic N) is 2. The standard InChI is InChI=1S/C24H24N4O5/c1-4-9-32-15-7-5-13(6-8-15)21-20-19(16(12-25)23(26)33-24(20)28-27-21)14-10-17(30-2)22(29)18(11-14)31-3/h5-8,10-11,19,29H,4,9,26H2,1-3H3,(H,27,28)/t19-/m0/s1. The van der Waals surface area contributed by atoms with Crippen molar-refractivity contribution in [1.82, 2.24) is 10.2 Å². The molecular formula is C24H24N4O5. The third-order valence-electron chi connectivity index (χ3n) is 5.39. The van der Waals surface area contributed by atoms with E-state index < -0.39 is 5.92 Å². The average Bonchev–Trinajstić information content (AvgIpc) is 3.25. The molecular weight excluding hydrogens is 424 g/mol. The van der Waals surface area contributed by atoms with Crippen molar-refractivity contribution in [2.24, 2.45) is 5.73 Å². The number of aromatic nitrogens is 2. The summed E-state index contributed by atoms with van der Waals surface area (Å²) in [6.07, 6.45) is 0.916. The highest BCUT2D eigenvalue weighted by atomic mass is 16.5. The van der Waals surface area contributed by atoms with Gasteiger partial charge in [-0.15, -0.1) is 5.10 Å². The molecule has 0 saturated carbocycles. The van der Waals surface area contributed by atoms with Crippen molar-refractivity contribution in [3.8, 4) is 46.2 Å². The van der Waals surface area contributed by atoms with E-state index in [9.17, 15) is 10.4 Å². The minimum absolute atomic E-state index is 0.0395. The second-order valence-electron chi connectivity index (χ2n) is 7.39. The largest absolute Gasteiger partial charge is 0.502 e. The fraction of sp³-hybridized carbons (Fsp3) is 0.250. The number of ether oxygens (including phenoxy) is 4. The molecule has 4 N–H and O–H groups in total. The van der Waals surface area contributed by atoms with Crippen molar-refractivity contribution in [2.45, 2.75) is 19.3 Å². The summed E-state index contributed by atoms with van der Waals surface area (Å²) >= 11 is 0. The third-order valence-corrected chi connectivity index (χ3v) is 5.39. The molecule has 0 spiro atoms. The summed E-state index contributed by atoms with van der Waals surface area (Å²) in [7, 11) is 2.88. The third kappa shape index (κ3) is 3.87. The topological polar surface area (TPSA) is 136 Å². The first-order valence-corrected chi connectivity index (χ1v) is 10.4. The van der Waals surface area contributed by atoms with Gasteiger partial charge in [0.2, 0.25) is 17.5 Å². The van der Waals surface area contributed by atoms with Gasteiger partial charge in [0.15, 0.2) is 11.5 Å². The first-order chi connectivity index (χ1) is 16.0. The van der Waals surface area contributed by atoms with Crippen LogP contribution in [0.3, 0.4) is 0 Å². The molecule has 2 heterocycles. The van der Waals surface area contributed by atoms with Crippen molar-refractivity contribution in [1.29, 1.82) is 5.26 Å². The number of hydrogen-bond acceptors (Lipinski definition) is 8. The molecule has 170 valence electrons. The Labute approximate surface area is 191 Å². The second kappa shape index (κ2) is 9.04. The Kier molecular flexibility index (Phi) is 6.00. The second-order valence-corrected chi connectivity index (χ2v) is 7.39. The monoisotopic (exact) mass is 448 g/mol. The maximum atomic E-state index is 10.4. The van der Waals surface area contributed by atoms with E-state index in [-0.39, 0.29) is 34.6 Å². The number of allylic oxidation sites excluding steroid dienone is 1. The lowest BCUT2D eigenvalue weighted by atomic mass is 9.82. The normalized spacial score (nSPS) is 14.8. The van der Waals surface area contributed by atoms with Crippen molar-refractivity contribution in [3.05, 3.63) is 59.0 Å². The molecule has 33 heavy (non-hydrogen) atoms. The van der Waals surface area contributed by atoms with Gasteiger partial charge in [0, 0.05) is 5.56 Å². The first kappa shape index (κ1) is 21.9. The molecule has 1 aliphatic heterocycles. The lowest BCUT2D eigenvalue weighted by Gasteiger charge is -2.25. The maximum absolute atomic E-state index is 10.4. The molecule has 0 saturated heterocycles. The fourth-order valence-corrected chi connectivity index (χ4v) is 3.82. The number of aromatic amines is 1. The Balaban J connectivity index is 1.87. The Morgan fingerprint density at radius 1 is 1.18 bits per heavy atom. The number of methoxy groups -OCH3 is 2. The lowest BCUT2D eigenvalue weighted by molar-refractivity contribution is 0.317. The molecule has 0 fully saturated rings. The summed E-state index contributed by atoms with van der Waals surface area (Å²) in [5.41, 5.74) is 9.04. The van der Waals surface area contributed by atoms with Gasteiger partial charge >= 0.3 is 0 Å². The number of phenolic OH excluding ortho intramolecular Hbond substituents is 1. The Bertz CT molecular complexity index is 1220. The van der Waals surface area contributed by atoms with Crippen LogP contribution in [-0.2, 0) is 0 Å². The van der Waals surface area contributed by atoms with E-state index in [0.29, 0.717) is 23.4 Å². The van der Waals surface area contributed by atoms with Gasteiger partial charge in [-0.25, -0.2) is 0 Å². The van der Waals surface area contributed by atoms with Gasteiger partial charge in [0.05, 0.1) is 38.0 Å². The Hall–Kier alpha value is -4.32. The van der Waals surface area contributed by atoms with Crippen LogP contribution in [0.2, 0.25) is 0 Å². The molecule has 4 rings (SSSR count). The highest BCUT2D eigenvalue weighted by Gasteiger charge is 2.36. The summed E-state index contributed by atoms with van der Waals surface area (Å²) in [5, 5.41) is 27.6. The van der Waals surface area contributed by atoms with E-state index in [2.05, 4.69) is 16.3 Å². The van der Waals surface area contributed by atoms with Crippen molar-refractivity contribution in [2.75, 3.05) is 20.8 Å². The molecule has 0 unspecified atom stereocenters. The van der Waals surface area contributed by atoms with Crippen LogP contribution >= 0.6 is 0 Å². The van der Waals surface area contributed by atoms with Crippen LogP contribution in [0.5, 0.6) is 28.9 Å². The van der Waals surface area contributed by atoms with E-state index >= 15 is 0 Å².